The summed E-state index contributed by atoms with van der Waals surface area (Å²) in [4.78, 5) is 45.3. The summed E-state index contributed by atoms with van der Waals surface area (Å²) in [6, 6.07) is 0. The zero-order chi connectivity index (χ0) is 22.2. The summed E-state index contributed by atoms with van der Waals surface area (Å²) in [5.41, 5.74) is 0. The first-order valence-electron chi connectivity index (χ1n) is 9.89. The molecular weight excluding hydrogens is 635 g/mol. The summed E-state index contributed by atoms with van der Waals surface area (Å²) < 4.78 is 0. The summed E-state index contributed by atoms with van der Waals surface area (Å²) in [5, 5.41) is 0. The van der Waals surface area contributed by atoms with Crippen LogP contribution >= 0.6 is 13.4 Å². The second-order valence-corrected chi connectivity index (χ2v) is 11.2. The maximum atomic E-state index is 7.56. The van der Waals surface area contributed by atoms with Crippen LogP contribution in [0.25, 0.3) is 0 Å². The van der Waals surface area contributed by atoms with E-state index in [1.54, 1.807) is 0 Å². The molecule has 0 aliphatic rings. The van der Waals surface area contributed by atoms with Gasteiger partial charge < -0.3 is 29.4 Å². The van der Waals surface area contributed by atoms with E-state index in [-0.39, 0.29) is 26.2 Å². The van der Waals surface area contributed by atoms with Crippen molar-refractivity contribution in [3.05, 3.63) is 0 Å². The van der Waals surface area contributed by atoms with Crippen LogP contribution in [0, 0.1) is 0 Å². The molecule has 0 aromatic carbocycles. The number of hydrogen-bond donors (Lipinski definition) is 6. The van der Waals surface area contributed by atoms with Gasteiger partial charge in [-0.2, -0.15) is 0 Å². The van der Waals surface area contributed by atoms with E-state index in [9.17, 15) is 0 Å². The third-order valence-electron chi connectivity index (χ3n) is 3.16. The van der Waals surface area contributed by atoms with Crippen LogP contribution in [0.1, 0.15) is 111 Å². The minimum atomic E-state index is -3.81. The van der Waals surface area contributed by atoms with Crippen molar-refractivity contribution in [2.45, 2.75) is 111 Å². The first-order valence-corrected chi connectivity index (χ1v) is 15.2. The molecule has 0 spiro atoms. The Morgan fingerprint density at radius 1 is 0.429 bits per heavy atom. The van der Waals surface area contributed by atoms with Crippen molar-refractivity contribution in [2.24, 2.45) is 0 Å². The van der Waals surface area contributed by atoms with Gasteiger partial charge in [-0.05, 0) is 23.6 Å². The van der Waals surface area contributed by atoms with Crippen molar-refractivity contribution in [1.29, 1.82) is 0 Å². The quantitative estimate of drug-likeness (QED) is 0.108. The first-order chi connectivity index (χ1) is 12.3. The Morgan fingerprint density at radius 3 is 0.679 bits per heavy atom. The Labute approximate surface area is 202 Å². The summed E-state index contributed by atoms with van der Waals surface area (Å²) in [5.74, 6) is 0. The van der Waals surface area contributed by atoms with E-state index < -0.39 is 13.4 Å². The molecule has 0 bridgehead atoms. The zero-order valence-corrected chi connectivity index (χ0v) is 27.2. The predicted molar refractivity (Wildman–Crippen MR) is 135 cm³/mol. The van der Waals surface area contributed by atoms with E-state index in [2.05, 4.69) is 51.3 Å². The fraction of sp³-hybridized carbons (Fsp3) is 1.00. The standard InChI is InChI=1S/C12H26.C5H12.Bi.2H3O3PS.3H/c1-3-5-7-9-11-12-10-8-6-4-2;1-3-5-4-2;;2*1-4(2,3)5;;;/h3-12H2,1-2H3;3-5H2,1-2H3;;2*(H3,1,2,3,5);;;. The third-order valence-corrected chi connectivity index (χ3v) is 3.16. The van der Waals surface area contributed by atoms with Crippen molar-refractivity contribution < 1.29 is 29.4 Å². The molecule has 0 amide bonds. The molecule has 0 aromatic rings. The van der Waals surface area contributed by atoms with Crippen molar-refractivity contribution in [1.82, 2.24) is 0 Å². The summed E-state index contributed by atoms with van der Waals surface area (Å²) in [6.45, 7) is 1.37. The van der Waals surface area contributed by atoms with Gasteiger partial charge in [0.1, 0.15) is 0 Å². The van der Waals surface area contributed by atoms with Gasteiger partial charge in [0, 0.05) is 0 Å². The third kappa shape index (κ3) is 121. The molecule has 0 fully saturated rings. The normalized spacial score (nSPS) is 10.2. The van der Waals surface area contributed by atoms with Gasteiger partial charge in [0.05, 0.1) is 0 Å². The Bertz CT molecular complexity index is 306. The molecule has 0 aromatic heterocycles. The van der Waals surface area contributed by atoms with Crippen LogP contribution in [0.2, 0.25) is 0 Å². The van der Waals surface area contributed by atoms with Crippen LogP contribution in [-0.4, -0.2) is 55.6 Å². The van der Waals surface area contributed by atoms with E-state index in [1.165, 1.54) is 83.5 Å². The molecule has 0 heterocycles. The van der Waals surface area contributed by atoms with Crippen molar-refractivity contribution >= 4 is 63.3 Å². The van der Waals surface area contributed by atoms with Crippen LogP contribution in [0.15, 0.2) is 0 Å². The van der Waals surface area contributed by atoms with E-state index in [0.29, 0.717) is 0 Å². The molecule has 0 saturated heterocycles. The van der Waals surface area contributed by atoms with Crippen molar-refractivity contribution in [3.8, 4) is 0 Å². The van der Waals surface area contributed by atoms with Gasteiger partial charge in [-0.3, -0.25) is 0 Å². The average Bonchev–Trinajstić information content (AvgIpc) is 2.48. The van der Waals surface area contributed by atoms with Crippen molar-refractivity contribution in [2.75, 3.05) is 0 Å². The number of unbranched alkanes of at least 4 members (excludes halogenated alkanes) is 11. The molecule has 6 N–H and O–H groups in total. The molecule has 0 rings (SSSR count). The Kier molecular flexibility index (Phi) is 44.8. The van der Waals surface area contributed by atoms with Gasteiger partial charge in [-0.15, -0.1) is 0 Å². The maximum absolute atomic E-state index is 7.56. The fourth-order valence-electron chi connectivity index (χ4n) is 1.91. The van der Waals surface area contributed by atoms with Gasteiger partial charge in [-0.1, -0.05) is 111 Å². The van der Waals surface area contributed by atoms with Crippen molar-refractivity contribution in [3.63, 3.8) is 0 Å². The van der Waals surface area contributed by atoms with Crippen LogP contribution < -0.4 is 0 Å². The first kappa shape index (κ1) is 40.3. The molecule has 0 aliphatic heterocycles. The van der Waals surface area contributed by atoms with Crippen LogP contribution in [0.5, 0.6) is 0 Å². The molecule has 11 heteroatoms. The van der Waals surface area contributed by atoms with E-state index in [0.717, 1.165) is 0 Å². The van der Waals surface area contributed by atoms with Gasteiger partial charge in [-0.25, -0.2) is 0 Å². The Balaban J connectivity index is -0.0000000927. The zero-order valence-electron chi connectivity index (χ0n) is 18.3. The summed E-state index contributed by atoms with van der Waals surface area (Å²) >= 11 is 7.21. The number of hydrogen-bond acceptors (Lipinski definition) is 2. The minimum absolute atomic E-state index is 0. The van der Waals surface area contributed by atoms with Crippen LogP contribution in [-0.2, 0) is 23.6 Å². The van der Waals surface area contributed by atoms with Crippen LogP contribution in [0.4, 0.5) is 0 Å². The summed E-state index contributed by atoms with van der Waals surface area (Å²) in [7, 11) is 0. The SMILES string of the molecule is CCCCC.CCCCCCCCCCCC.OP(O)(O)=S.OP(O)(O)=S.[BiH3]. The van der Waals surface area contributed by atoms with Gasteiger partial charge in [0.15, 0.2) is 0 Å². The van der Waals surface area contributed by atoms with E-state index in [1.807, 2.05) is 0 Å². The predicted octanol–water partition coefficient (Wildman–Crippen LogP) is 4.32. The molecule has 0 unspecified atom stereocenters. The molecule has 0 radical (unpaired) electrons. The van der Waals surface area contributed by atoms with E-state index in [4.69, 9.17) is 29.4 Å². The van der Waals surface area contributed by atoms with Gasteiger partial charge in [0.25, 0.3) is 0 Å². The molecule has 28 heavy (non-hydrogen) atoms. The number of rotatable bonds is 11. The second kappa shape index (κ2) is 31.1. The van der Waals surface area contributed by atoms with Gasteiger partial charge in [0.2, 0.25) is 0 Å². The second-order valence-electron chi connectivity index (χ2n) is 6.21. The molecule has 6 nitrogen and oxygen atoms in total. The molecular formula is C17H47BiO6P2S2. The Morgan fingerprint density at radius 2 is 0.571 bits per heavy atom. The van der Waals surface area contributed by atoms with E-state index >= 15 is 0 Å². The monoisotopic (exact) mass is 682 g/mol. The van der Waals surface area contributed by atoms with Gasteiger partial charge >= 0.3 is 39.6 Å². The summed E-state index contributed by atoms with van der Waals surface area (Å²) in [6.07, 6.45) is 18.5. The fourth-order valence-corrected chi connectivity index (χ4v) is 1.91. The van der Waals surface area contributed by atoms with Crippen LogP contribution in [0.3, 0.4) is 0 Å². The molecule has 0 atom stereocenters. The topological polar surface area (TPSA) is 121 Å². The average molecular weight is 683 g/mol. The Hall–Kier alpha value is 1.94. The molecule has 0 aliphatic carbocycles. The molecule has 178 valence electrons. The molecule has 0 saturated carbocycles.